The second-order valence-corrected chi connectivity index (χ2v) is 4.30. The minimum atomic E-state index is -4.24. The highest BCUT2D eigenvalue weighted by molar-refractivity contribution is 5.94. The van der Waals surface area contributed by atoms with Gasteiger partial charge in [0.15, 0.2) is 0 Å². The van der Waals surface area contributed by atoms with Crippen LogP contribution in [0.2, 0.25) is 0 Å². The Kier molecular flexibility index (Phi) is 5.39. The van der Waals surface area contributed by atoms with E-state index in [1.165, 1.54) is 4.90 Å². The van der Waals surface area contributed by atoms with E-state index in [0.717, 1.165) is 12.0 Å². The Morgan fingerprint density at radius 1 is 1.16 bits per heavy atom. The maximum absolute atomic E-state index is 12.2. The predicted octanol–water partition coefficient (Wildman–Crippen LogP) is 3.66. The summed E-state index contributed by atoms with van der Waals surface area (Å²) in [5.41, 5.74) is 1.52. The fourth-order valence-corrected chi connectivity index (χ4v) is 1.73. The summed E-state index contributed by atoms with van der Waals surface area (Å²) in [4.78, 5) is 13.3. The van der Waals surface area contributed by atoms with Gasteiger partial charge in [-0.05, 0) is 31.0 Å². The van der Waals surface area contributed by atoms with Gasteiger partial charge in [-0.1, -0.05) is 19.1 Å². The third-order valence-electron chi connectivity index (χ3n) is 2.94. The van der Waals surface area contributed by atoms with Crippen LogP contribution in [0.3, 0.4) is 0 Å². The van der Waals surface area contributed by atoms with Crippen molar-refractivity contribution >= 4 is 5.91 Å². The van der Waals surface area contributed by atoms with Crippen LogP contribution in [0.25, 0.3) is 0 Å². The first kappa shape index (κ1) is 15.5. The standard InChI is InChI=1S/C14H18F3NO/c1-3-11-5-7-12(8-6-11)13(19)18(4-2)10-9-14(15,16)17/h5-8H,3-4,9-10H2,1-2H3. The summed E-state index contributed by atoms with van der Waals surface area (Å²) in [6.45, 7) is 3.64. The number of hydrogen-bond donors (Lipinski definition) is 0. The summed E-state index contributed by atoms with van der Waals surface area (Å²) in [5.74, 6) is -0.352. The third kappa shape index (κ3) is 4.93. The quantitative estimate of drug-likeness (QED) is 0.801. The number of hydrogen-bond acceptors (Lipinski definition) is 1. The fraction of sp³-hybridized carbons (Fsp3) is 0.500. The summed E-state index contributed by atoms with van der Waals surface area (Å²) in [6, 6.07) is 6.98. The molecule has 1 rings (SSSR count). The number of aryl methyl sites for hydroxylation is 1. The van der Waals surface area contributed by atoms with Gasteiger partial charge in [-0.2, -0.15) is 13.2 Å². The molecule has 0 saturated carbocycles. The largest absolute Gasteiger partial charge is 0.390 e. The Balaban J connectivity index is 2.71. The van der Waals surface area contributed by atoms with Crippen LogP contribution in [0.4, 0.5) is 13.2 Å². The summed E-state index contributed by atoms with van der Waals surface area (Å²) in [5, 5.41) is 0. The Hall–Kier alpha value is -1.52. The molecule has 0 unspecified atom stereocenters. The van der Waals surface area contributed by atoms with Gasteiger partial charge in [0.05, 0.1) is 6.42 Å². The van der Waals surface area contributed by atoms with E-state index in [4.69, 9.17) is 0 Å². The van der Waals surface area contributed by atoms with E-state index in [2.05, 4.69) is 0 Å². The molecular formula is C14H18F3NO. The van der Waals surface area contributed by atoms with Crippen molar-refractivity contribution in [3.63, 3.8) is 0 Å². The summed E-state index contributed by atoms with van der Waals surface area (Å²) in [6.07, 6.45) is -4.35. The van der Waals surface area contributed by atoms with Crippen molar-refractivity contribution in [1.29, 1.82) is 0 Å². The first-order chi connectivity index (χ1) is 8.87. The van der Waals surface area contributed by atoms with Gasteiger partial charge in [0.1, 0.15) is 0 Å². The zero-order valence-electron chi connectivity index (χ0n) is 11.1. The van der Waals surface area contributed by atoms with E-state index >= 15 is 0 Å². The highest BCUT2D eigenvalue weighted by atomic mass is 19.4. The van der Waals surface area contributed by atoms with E-state index in [1.54, 1.807) is 19.1 Å². The van der Waals surface area contributed by atoms with Gasteiger partial charge in [-0.3, -0.25) is 4.79 Å². The molecule has 0 atom stereocenters. The normalized spacial score (nSPS) is 11.4. The van der Waals surface area contributed by atoms with Gasteiger partial charge in [0, 0.05) is 18.7 Å². The lowest BCUT2D eigenvalue weighted by Crippen LogP contribution is -2.34. The zero-order chi connectivity index (χ0) is 14.5. The number of nitrogens with zero attached hydrogens (tertiary/aromatic N) is 1. The Morgan fingerprint density at radius 2 is 1.74 bits per heavy atom. The number of alkyl halides is 3. The first-order valence-corrected chi connectivity index (χ1v) is 6.32. The number of carbonyl (C=O) groups is 1. The topological polar surface area (TPSA) is 20.3 Å². The molecule has 0 radical (unpaired) electrons. The zero-order valence-corrected chi connectivity index (χ0v) is 11.1. The van der Waals surface area contributed by atoms with E-state index in [9.17, 15) is 18.0 Å². The monoisotopic (exact) mass is 273 g/mol. The van der Waals surface area contributed by atoms with Crippen LogP contribution in [-0.4, -0.2) is 30.1 Å². The van der Waals surface area contributed by atoms with E-state index in [-0.39, 0.29) is 19.0 Å². The molecule has 1 aromatic rings. The van der Waals surface area contributed by atoms with Crippen LogP contribution >= 0.6 is 0 Å². The average Bonchev–Trinajstić information content (AvgIpc) is 2.38. The lowest BCUT2D eigenvalue weighted by atomic mass is 10.1. The summed E-state index contributed by atoms with van der Waals surface area (Å²) < 4.78 is 36.5. The number of carbonyl (C=O) groups excluding carboxylic acids is 1. The Labute approximate surface area is 111 Å². The number of rotatable bonds is 5. The van der Waals surface area contributed by atoms with Crippen LogP contribution in [0.1, 0.15) is 36.2 Å². The molecule has 0 aromatic heterocycles. The van der Waals surface area contributed by atoms with E-state index in [0.29, 0.717) is 5.56 Å². The number of halogens is 3. The summed E-state index contributed by atoms with van der Waals surface area (Å²) >= 11 is 0. The molecule has 0 N–H and O–H groups in total. The lowest BCUT2D eigenvalue weighted by molar-refractivity contribution is -0.136. The molecule has 0 bridgehead atoms. The summed E-state index contributed by atoms with van der Waals surface area (Å²) in [7, 11) is 0. The molecule has 0 saturated heterocycles. The van der Waals surface area contributed by atoms with Crippen molar-refractivity contribution in [3.8, 4) is 0 Å². The lowest BCUT2D eigenvalue weighted by Gasteiger charge is -2.21. The van der Waals surface area contributed by atoms with Gasteiger partial charge in [-0.25, -0.2) is 0 Å². The van der Waals surface area contributed by atoms with Crippen LogP contribution in [-0.2, 0) is 6.42 Å². The maximum Gasteiger partial charge on any atom is 0.390 e. The molecule has 0 aliphatic carbocycles. The molecule has 2 nitrogen and oxygen atoms in total. The highest BCUT2D eigenvalue weighted by Gasteiger charge is 2.28. The van der Waals surface area contributed by atoms with Crippen molar-refractivity contribution in [2.24, 2.45) is 0 Å². The fourth-order valence-electron chi connectivity index (χ4n) is 1.73. The number of benzene rings is 1. The SMILES string of the molecule is CCc1ccc(C(=O)N(CC)CCC(F)(F)F)cc1. The van der Waals surface area contributed by atoms with Gasteiger partial charge in [0.2, 0.25) is 0 Å². The van der Waals surface area contributed by atoms with E-state index in [1.807, 2.05) is 19.1 Å². The molecule has 0 spiro atoms. The first-order valence-electron chi connectivity index (χ1n) is 6.32. The Morgan fingerprint density at radius 3 is 2.16 bits per heavy atom. The van der Waals surface area contributed by atoms with Crippen molar-refractivity contribution in [2.45, 2.75) is 32.9 Å². The van der Waals surface area contributed by atoms with Crippen LogP contribution in [0, 0.1) is 0 Å². The second kappa shape index (κ2) is 6.59. The van der Waals surface area contributed by atoms with Gasteiger partial charge in [0.25, 0.3) is 5.91 Å². The molecule has 0 aliphatic rings. The van der Waals surface area contributed by atoms with Crippen molar-refractivity contribution in [1.82, 2.24) is 4.90 Å². The van der Waals surface area contributed by atoms with Crippen LogP contribution in [0.15, 0.2) is 24.3 Å². The van der Waals surface area contributed by atoms with Gasteiger partial charge >= 0.3 is 6.18 Å². The minimum absolute atomic E-state index is 0.268. The van der Waals surface area contributed by atoms with Crippen molar-refractivity contribution < 1.29 is 18.0 Å². The maximum atomic E-state index is 12.2. The number of amides is 1. The van der Waals surface area contributed by atoms with Crippen LogP contribution < -0.4 is 0 Å². The average molecular weight is 273 g/mol. The third-order valence-corrected chi connectivity index (χ3v) is 2.94. The highest BCUT2D eigenvalue weighted by Crippen LogP contribution is 2.20. The molecule has 5 heteroatoms. The molecular weight excluding hydrogens is 255 g/mol. The van der Waals surface area contributed by atoms with Gasteiger partial charge in [-0.15, -0.1) is 0 Å². The van der Waals surface area contributed by atoms with Crippen molar-refractivity contribution in [2.75, 3.05) is 13.1 Å². The molecule has 1 aromatic carbocycles. The molecule has 1 amide bonds. The molecule has 0 aliphatic heterocycles. The second-order valence-electron chi connectivity index (χ2n) is 4.30. The van der Waals surface area contributed by atoms with Crippen molar-refractivity contribution in [3.05, 3.63) is 35.4 Å². The molecule has 0 heterocycles. The minimum Gasteiger partial charge on any atom is -0.339 e. The Bertz CT molecular complexity index is 412. The van der Waals surface area contributed by atoms with Crippen LogP contribution in [0.5, 0.6) is 0 Å². The molecule has 19 heavy (non-hydrogen) atoms. The van der Waals surface area contributed by atoms with Gasteiger partial charge < -0.3 is 4.90 Å². The molecule has 106 valence electrons. The van der Waals surface area contributed by atoms with E-state index < -0.39 is 12.6 Å². The predicted molar refractivity (Wildman–Crippen MR) is 68.1 cm³/mol. The molecule has 0 fully saturated rings. The smallest absolute Gasteiger partial charge is 0.339 e.